The van der Waals surface area contributed by atoms with Gasteiger partial charge in [-0.2, -0.15) is 0 Å². The molecular formula is C24H22N2O2. The van der Waals surface area contributed by atoms with Gasteiger partial charge in [-0.3, -0.25) is 4.79 Å². The van der Waals surface area contributed by atoms with Crippen molar-refractivity contribution in [2.24, 2.45) is 0 Å². The Balaban J connectivity index is 1.41. The number of carbonyl (C=O) groups excluding carboxylic acids is 1. The van der Waals surface area contributed by atoms with Crippen molar-refractivity contribution in [3.05, 3.63) is 83.9 Å². The summed E-state index contributed by atoms with van der Waals surface area (Å²) in [5, 5.41) is 2.94. The van der Waals surface area contributed by atoms with E-state index >= 15 is 0 Å². The van der Waals surface area contributed by atoms with Crippen LogP contribution in [0.5, 0.6) is 0 Å². The number of anilines is 1. The number of carbonyl (C=O) groups is 1. The van der Waals surface area contributed by atoms with Crippen molar-refractivity contribution in [2.75, 3.05) is 5.32 Å². The molecule has 140 valence electrons. The number of fused-ring (bicyclic) bond motifs is 1. The lowest BCUT2D eigenvalue weighted by Crippen LogP contribution is -2.14. The maximum absolute atomic E-state index is 12.3. The first-order chi connectivity index (χ1) is 13.6. The topological polar surface area (TPSA) is 55.1 Å². The van der Waals surface area contributed by atoms with Gasteiger partial charge < -0.3 is 9.73 Å². The Hall–Kier alpha value is -3.40. The highest BCUT2D eigenvalue weighted by molar-refractivity contribution is 5.92. The largest absolute Gasteiger partial charge is 0.436 e. The van der Waals surface area contributed by atoms with E-state index in [1.165, 1.54) is 5.56 Å². The molecule has 3 aromatic carbocycles. The monoisotopic (exact) mass is 370 g/mol. The summed E-state index contributed by atoms with van der Waals surface area (Å²) in [6.07, 6.45) is 0.352. The third kappa shape index (κ3) is 3.96. The van der Waals surface area contributed by atoms with Gasteiger partial charge >= 0.3 is 0 Å². The molecule has 0 atom stereocenters. The zero-order valence-electron chi connectivity index (χ0n) is 16.0. The van der Waals surface area contributed by atoms with Crippen molar-refractivity contribution in [3.8, 4) is 11.5 Å². The van der Waals surface area contributed by atoms with Crippen LogP contribution in [0.1, 0.15) is 30.9 Å². The minimum absolute atomic E-state index is 0.0353. The summed E-state index contributed by atoms with van der Waals surface area (Å²) in [6, 6.07) is 23.4. The summed E-state index contributed by atoms with van der Waals surface area (Å²) >= 11 is 0. The van der Waals surface area contributed by atoms with Gasteiger partial charge in [0.1, 0.15) is 5.52 Å². The van der Waals surface area contributed by atoms with Gasteiger partial charge in [-0.1, -0.05) is 50.2 Å². The van der Waals surface area contributed by atoms with E-state index in [0.717, 1.165) is 27.9 Å². The SMILES string of the molecule is CC(C)c1ccc(CC(=O)Nc2ccc(-c3nc4ccccc4o3)cc2)cc1. The number of nitrogens with one attached hydrogen (secondary N) is 1. The minimum atomic E-state index is -0.0353. The molecule has 1 aromatic heterocycles. The Morgan fingerprint density at radius 2 is 1.68 bits per heavy atom. The molecule has 4 nitrogen and oxygen atoms in total. The number of amides is 1. The van der Waals surface area contributed by atoms with Gasteiger partial charge in [0, 0.05) is 11.3 Å². The van der Waals surface area contributed by atoms with Crippen molar-refractivity contribution in [3.63, 3.8) is 0 Å². The number of rotatable bonds is 5. The molecule has 0 bridgehead atoms. The van der Waals surface area contributed by atoms with E-state index in [1.54, 1.807) is 0 Å². The van der Waals surface area contributed by atoms with Crippen LogP contribution in [0.15, 0.2) is 77.2 Å². The average molecular weight is 370 g/mol. The number of aromatic nitrogens is 1. The predicted molar refractivity (Wildman–Crippen MR) is 112 cm³/mol. The van der Waals surface area contributed by atoms with E-state index in [2.05, 4.69) is 36.3 Å². The van der Waals surface area contributed by atoms with Crippen LogP contribution in [0.2, 0.25) is 0 Å². The molecule has 0 fully saturated rings. The van der Waals surface area contributed by atoms with Crippen LogP contribution in [0, 0.1) is 0 Å². The van der Waals surface area contributed by atoms with E-state index in [0.29, 0.717) is 18.2 Å². The molecule has 0 aliphatic rings. The molecule has 0 aliphatic carbocycles. The lowest BCUT2D eigenvalue weighted by Gasteiger charge is -2.08. The first-order valence-corrected chi connectivity index (χ1v) is 9.43. The van der Waals surface area contributed by atoms with Crippen LogP contribution in [-0.4, -0.2) is 10.9 Å². The van der Waals surface area contributed by atoms with E-state index < -0.39 is 0 Å². The quantitative estimate of drug-likeness (QED) is 0.483. The fraction of sp³-hybridized carbons (Fsp3) is 0.167. The summed E-state index contributed by atoms with van der Waals surface area (Å²) in [4.78, 5) is 16.8. The molecule has 4 heteroatoms. The number of hydrogen-bond donors (Lipinski definition) is 1. The number of benzene rings is 3. The van der Waals surface area contributed by atoms with E-state index in [-0.39, 0.29) is 5.91 Å². The summed E-state index contributed by atoms with van der Waals surface area (Å²) in [7, 11) is 0. The highest BCUT2D eigenvalue weighted by atomic mass is 16.3. The molecule has 28 heavy (non-hydrogen) atoms. The third-order valence-electron chi connectivity index (χ3n) is 4.72. The summed E-state index contributed by atoms with van der Waals surface area (Å²) in [5.74, 6) is 1.03. The van der Waals surface area contributed by atoms with Crippen LogP contribution in [0.25, 0.3) is 22.6 Å². The lowest BCUT2D eigenvalue weighted by atomic mass is 10.0. The molecule has 1 amide bonds. The fourth-order valence-corrected chi connectivity index (χ4v) is 3.10. The normalized spacial score (nSPS) is 11.1. The Morgan fingerprint density at radius 3 is 2.36 bits per heavy atom. The molecule has 1 N–H and O–H groups in total. The van der Waals surface area contributed by atoms with Crippen LogP contribution >= 0.6 is 0 Å². The van der Waals surface area contributed by atoms with Gasteiger partial charge in [0.25, 0.3) is 0 Å². The van der Waals surface area contributed by atoms with Gasteiger partial charge in [0.05, 0.1) is 6.42 Å². The molecule has 4 rings (SSSR count). The summed E-state index contributed by atoms with van der Waals surface area (Å²) in [5.41, 5.74) is 5.50. The van der Waals surface area contributed by atoms with Gasteiger partial charge in [0.15, 0.2) is 5.58 Å². The highest BCUT2D eigenvalue weighted by Crippen LogP contribution is 2.25. The van der Waals surface area contributed by atoms with Gasteiger partial charge in [-0.05, 0) is 53.4 Å². The zero-order valence-corrected chi connectivity index (χ0v) is 16.0. The minimum Gasteiger partial charge on any atom is -0.436 e. The fourth-order valence-electron chi connectivity index (χ4n) is 3.10. The van der Waals surface area contributed by atoms with Crippen molar-refractivity contribution < 1.29 is 9.21 Å². The maximum atomic E-state index is 12.3. The first-order valence-electron chi connectivity index (χ1n) is 9.43. The van der Waals surface area contributed by atoms with Crippen molar-refractivity contribution in [2.45, 2.75) is 26.2 Å². The highest BCUT2D eigenvalue weighted by Gasteiger charge is 2.09. The Morgan fingerprint density at radius 1 is 0.964 bits per heavy atom. The Kier molecular flexibility index (Phi) is 4.94. The van der Waals surface area contributed by atoms with E-state index in [4.69, 9.17) is 4.42 Å². The Bertz CT molecular complexity index is 1060. The van der Waals surface area contributed by atoms with Crippen molar-refractivity contribution in [1.82, 2.24) is 4.98 Å². The van der Waals surface area contributed by atoms with Gasteiger partial charge in [-0.15, -0.1) is 0 Å². The molecule has 0 saturated carbocycles. The number of oxazole rings is 1. The van der Waals surface area contributed by atoms with Gasteiger partial charge in [-0.25, -0.2) is 4.98 Å². The number of para-hydroxylation sites is 2. The summed E-state index contributed by atoms with van der Waals surface area (Å²) in [6.45, 7) is 4.32. The van der Waals surface area contributed by atoms with Crippen LogP contribution in [0.4, 0.5) is 5.69 Å². The molecule has 0 spiro atoms. The first kappa shape index (κ1) is 18.0. The molecule has 0 radical (unpaired) electrons. The average Bonchev–Trinajstić information content (AvgIpc) is 3.13. The second-order valence-electron chi connectivity index (χ2n) is 7.19. The molecule has 4 aromatic rings. The standard InChI is InChI=1S/C24H22N2O2/c1-16(2)18-9-7-17(8-10-18)15-23(27)25-20-13-11-19(12-14-20)24-26-21-5-3-4-6-22(21)28-24/h3-14,16H,15H2,1-2H3,(H,25,27). The molecule has 0 unspecified atom stereocenters. The Labute approximate surface area is 164 Å². The van der Waals surface area contributed by atoms with Gasteiger partial charge in [0.2, 0.25) is 11.8 Å². The second kappa shape index (κ2) is 7.69. The molecule has 0 saturated heterocycles. The molecule has 1 heterocycles. The molecular weight excluding hydrogens is 348 g/mol. The van der Waals surface area contributed by atoms with Crippen LogP contribution in [-0.2, 0) is 11.2 Å². The van der Waals surface area contributed by atoms with E-state index in [9.17, 15) is 4.79 Å². The summed E-state index contributed by atoms with van der Waals surface area (Å²) < 4.78 is 5.78. The van der Waals surface area contributed by atoms with Crippen LogP contribution < -0.4 is 5.32 Å². The second-order valence-corrected chi connectivity index (χ2v) is 7.19. The van der Waals surface area contributed by atoms with Crippen molar-refractivity contribution in [1.29, 1.82) is 0 Å². The molecule has 0 aliphatic heterocycles. The van der Waals surface area contributed by atoms with E-state index in [1.807, 2.05) is 60.7 Å². The number of hydrogen-bond acceptors (Lipinski definition) is 3. The zero-order chi connectivity index (χ0) is 19.5. The maximum Gasteiger partial charge on any atom is 0.228 e. The lowest BCUT2D eigenvalue weighted by molar-refractivity contribution is -0.115. The van der Waals surface area contributed by atoms with Crippen LogP contribution in [0.3, 0.4) is 0 Å². The van der Waals surface area contributed by atoms with Crippen molar-refractivity contribution >= 4 is 22.7 Å². The smallest absolute Gasteiger partial charge is 0.228 e. The third-order valence-corrected chi connectivity index (χ3v) is 4.72. The number of nitrogens with zero attached hydrogens (tertiary/aromatic N) is 1. The predicted octanol–water partition coefficient (Wildman–Crippen LogP) is 5.80.